The number of alkyl halides is 3. The Kier molecular flexibility index (Phi) is 3.45. The van der Waals surface area contributed by atoms with Crippen molar-refractivity contribution in [3.05, 3.63) is 11.6 Å². The molecule has 2 aliphatic heterocycles. The molecule has 0 aromatic carbocycles. The van der Waals surface area contributed by atoms with E-state index in [0.29, 0.717) is 37.4 Å². The first-order chi connectivity index (χ1) is 9.45. The summed E-state index contributed by atoms with van der Waals surface area (Å²) in [7, 11) is 0. The van der Waals surface area contributed by atoms with E-state index in [9.17, 15) is 13.2 Å². The minimum atomic E-state index is -4.42. The smallest absolute Gasteiger partial charge is 0.314 e. The Balaban J connectivity index is 1.69. The molecule has 1 aromatic rings. The van der Waals surface area contributed by atoms with Crippen LogP contribution in [0.4, 0.5) is 13.2 Å². The average Bonchev–Trinajstić information content (AvgIpc) is 2.95. The van der Waals surface area contributed by atoms with Crippen LogP contribution in [0.25, 0.3) is 0 Å². The van der Waals surface area contributed by atoms with Gasteiger partial charge in [0.15, 0.2) is 0 Å². The van der Waals surface area contributed by atoms with Gasteiger partial charge in [0.25, 0.3) is 0 Å². The molecule has 2 aliphatic rings. The van der Waals surface area contributed by atoms with Crippen molar-refractivity contribution in [1.29, 1.82) is 0 Å². The van der Waals surface area contributed by atoms with Gasteiger partial charge >= 0.3 is 6.18 Å². The molecule has 5 nitrogen and oxygen atoms in total. The zero-order valence-corrected chi connectivity index (χ0v) is 11.3. The zero-order chi connectivity index (χ0) is 14.3. The van der Waals surface area contributed by atoms with Gasteiger partial charge < -0.3 is 9.88 Å². The molecule has 0 aliphatic carbocycles. The largest absolute Gasteiger partial charge is 0.451 e. The van der Waals surface area contributed by atoms with Gasteiger partial charge in [0, 0.05) is 25.7 Å². The van der Waals surface area contributed by atoms with E-state index in [4.69, 9.17) is 0 Å². The lowest BCUT2D eigenvalue weighted by Gasteiger charge is -2.30. The Morgan fingerprint density at radius 2 is 2.10 bits per heavy atom. The van der Waals surface area contributed by atoms with Crippen LogP contribution in [0.5, 0.6) is 0 Å². The highest BCUT2D eigenvalue weighted by atomic mass is 19.4. The van der Waals surface area contributed by atoms with Gasteiger partial charge in [0.1, 0.15) is 5.82 Å². The Hall–Kier alpha value is -1.15. The van der Waals surface area contributed by atoms with Crippen molar-refractivity contribution in [2.45, 2.75) is 38.7 Å². The van der Waals surface area contributed by atoms with Gasteiger partial charge in [0.05, 0.1) is 6.54 Å². The Morgan fingerprint density at radius 3 is 2.75 bits per heavy atom. The molecule has 8 heteroatoms. The summed E-state index contributed by atoms with van der Waals surface area (Å²) in [6, 6.07) is 0.473. The van der Waals surface area contributed by atoms with Crippen molar-refractivity contribution >= 4 is 0 Å². The van der Waals surface area contributed by atoms with Gasteiger partial charge in [-0.15, -0.1) is 10.2 Å². The van der Waals surface area contributed by atoms with Crippen molar-refractivity contribution in [2.24, 2.45) is 5.92 Å². The van der Waals surface area contributed by atoms with Gasteiger partial charge in [-0.3, -0.25) is 4.90 Å². The number of nitrogens with zero attached hydrogens (tertiary/aromatic N) is 4. The Bertz CT molecular complexity index is 484. The van der Waals surface area contributed by atoms with Gasteiger partial charge in [-0.25, -0.2) is 0 Å². The molecule has 0 spiro atoms. The van der Waals surface area contributed by atoms with E-state index in [1.807, 2.05) is 0 Å². The summed E-state index contributed by atoms with van der Waals surface area (Å²) in [5.41, 5.74) is 0. The lowest BCUT2D eigenvalue weighted by Crippen LogP contribution is -2.40. The lowest BCUT2D eigenvalue weighted by atomic mass is 10.0. The van der Waals surface area contributed by atoms with Crippen molar-refractivity contribution in [3.63, 3.8) is 0 Å². The highest BCUT2D eigenvalue weighted by Gasteiger charge is 2.39. The minimum Gasteiger partial charge on any atom is -0.314 e. The first kappa shape index (κ1) is 13.8. The van der Waals surface area contributed by atoms with Crippen LogP contribution in [0.1, 0.15) is 25.0 Å². The number of halogens is 3. The predicted octanol–water partition coefficient (Wildman–Crippen LogP) is 1.11. The van der Waals surface area contributed by atoms with Crippen LogP contribution in [0, 0.1) is 5.92 Å². The summed E-state index contributed by atoms with van der Waals surface area (Å²) in [5, 5.41) is 10.4. The number of aromatic nitrogens is 3. The van der Waals surface area contributed by atoms with Gasteiger partial charge in [-0.05, 0) is 25.8 Å². The topological polar surface area (TPSA) is 46.0 Å². The summed E-state index contributed by atoms with van der Waals surface area (Å²) in [5.74, 6) is 0.108. The lowest BCUT2D eigenvalue weighted by molar-refractivity contribution is -0.148. The summed E-state index contributed by atoms with van der Waals surface area (Å²) in [6.45, 7) is 5.47. The quantitative estimate of drug-likeness (QED) is 0.886. The second-order valence-corrected chi connectivity index (χ2v) is 5.62. The van der Waals surface area contributed by atoms with Crippen LogP contribution in [0.3, 0.4) is 0 Å². The molecule has 2 unspecified atom stereocenters. The average molecular weight is 289 g/mol. The van der Waals surface area contributed by atoms with Crippen LogP contribution in [0.15, 0.2) is 0 Å². The minimum absolute atomic E-state index is 0.311. The molecule has 0 bridgehead atoms. The molecule has 112 valence electrons. The first-order valence-electron chi connectivity index (χ1n) is 6.90. The number of hydrogen-bond donors (Lipinski definition) is 1. The highest BCUT2D eigenvalue weighted by Crippen LogP contribution is 2.29. The molecular formula is C12H18F3N5. The van der Waals surface area contributed by atoms with Crippen LogP contribution < -0.4 is 5.32 Å². The summed E-state index contributed by atoms with van der Waals surface area (Å²) < 4.78 is 39.4. The van der Waals surface area contributed by atoms with E-state index in [0.717, 1.165) is 19.5 Å². The van der Waals surface area contributed by atoms with Crippen LogP contribution in [0.2, 0.25) is 0 Å². The SMILES string of the molecule is CC1NCCC1CN1CCn2c(nnc2C(F)(F)F)C1. The number of nitrogens with one attached hydrogen (secondary N) is 1. The third-order valence-electron chi connectivity index (χ3n) is 4.27. The molecule has 1 N–H and O–H groups in total. The molecule has 1 fully saturated rings. The summed E-state index contributed by atoms with van der Waals surface area (Å²) in [6.07, 6.45) is -3.30. The Labute approximate surface area is 115 Å². The van der Waals surface area contributed by atoms with Crippen molar-refractivity contribution in [3.8, 4) is 0 Å². The molecule has 0 amide bonds. The predicted molar refractivity (Wildman–Crippen MR) is 65.9 cm³/mol. The van der Waals surface area contributed by atoms with E-state index < -0.39 is 12.0 Å². The summed E-state index contributed by atoms with van der Waals surface area (Å²) in [4.78, 5) is 2.18. The van der Waals surface area contributed by atoms with E-state index in [1.54, 1.807) is 0 Å². The maximum absolute atomic E-state index is 12.7. The van der Waals surface area contributed by atoms with E-state index >= 15 is 0 Å². The second-order valence-electron chi connectivity index (χ2n) is 5.62. The monoisotopic (exact) mass is 289 g/mol. The molecular weight excluding hydrogens is 271 g/mol. The van der Waals surface area contributed by atoms with Gasteiger partial charge in [-0.2, -0.15) is 13.2 Å². The fraction of sp³-hybridized carbons (Fsp3) is 0.833. The van der Waals surface area contributed by atoms with E-state index in [1.165, 1.54) is 4.57 Å². The molecule has 0 radical (unpaired) electrons. The maximum atomic E-state index is 12.7. The standard InChI is InChI=1S/C12H18F3N5/c1-8-9(2-3-16-8)6-19-4-5-20-10(7-19)17-18-11(20)12(13,14)15/h8-9,16H,2-7H2,1H3. The Morgan fingerprint density at radius 1 is 1.30 bits per heavy atom. The van der Waals surface area contributed by atoms with Crippen LogP contribution >= 0.6 is 0 Å². The molecule has 3 rings (SSSR count). The number of fused-ring (bicyclic) bond motifs is 1. The molecule has 2 atom stereocenters. The molecule has 1 saturated heterocycles. The van der Waals surface area contributed by atoms with Crippen LogP contribution in [-0.4, -0.2) is 45.3 Å². The van der Waals surface area contributed by atoms with E-state index in [-0.39, 0.29) is 0 Å². The fourth-order valence-corrected chi connectivity index (χ4v) is 3.07. The van der Waals surface area contributed by atoms with Crippen molar-refractivity contribution in [1.82, 2.24) is 25.0 Å². The van der Waals surface area contributed by atoms with Crippen LogP contribution in [-0.2, 0) is 19.3 Å². The highest BCUT2D eigenvalue weighted by molar-refractivity contribution is 5.02. The molecule has 0 saturated carbocycles. The molecule has 20 heavy (non-hydrogen) atoms. The zero-order valence-electron chi connectivity index (χ0n) is 11.3. The second kappa shape index (κ2) is 5.00. The van der Waals surface area contributed by atoms with Gasteiger partial charge in [0.2, 0.25) is 5.82 Å². The fourth-order valence-electron chi connectivity index (χ4n) is 3.07. The third kappa shape index (κ3) is 2.54. The maximum Gasteiger partial charge on any atom is 0.451 e. The third-order valence-corrected chi connectivity index (χ3v) is 4.27. The van der Waals surface area contributed by atoms with Crippen molar-refractivity contribution in [2.75, 3.05) is 19.6 Å². The van der Waals surface area contributed by atoms with E-state index in [2.05, 4.69) is 27.3 Å². The molecule has 3 heterocycles. The first-order valence-corrected chi connectivity index (χ1v) is 6.90. The molecule has 1 aromatic heterocycles. The summed E-state index contributed by atoms with van der Waals surface area (Å²) >= 11 is 0. The normalized spacial score (nSPS) is 27.8. The number of rotatable bonds is 2. The van der Waals surface area contributed by atoms with Gasteiger partial charge in [-0.1, -0.05) is 0 Å². The van der Waals surface area contributed by atoms with Crippen molar-refractivity contribution < 1.29 is 13.2 Å². The number of hydrogen-bond acceptors (Lipinski definition) is 4.